The third-order valence-electron chi connectivity index (χ3n) is 4.20. The normalized spacial score (nSPS) is 15.9. The molecule has 0 radical (unpaired) electrons. The van der Waals surface area contributed by atoms with E-state index in [4.69, 9.17) is 10.5 Å². The number of hydrogen-bond donors (Lipinski definition) is 1. The number of aryl methyl sites for hydroxylation is 1. The molecule has 2 amide bonds. The van der Waals surface area contributed by atoms with E-state index in [1.165, 1.54) is 5.56 Å². The molecule has 1 aliphatic heterocycles. The first-order valence-corrected chi connectivity index (χ1v) is 8.83. The lowest BCUT2D eigenvalue weighted by Gasteiger charge is -2.35. The Kier molecular flexibility index (Phi) is 6.42. The zero-order valence-corrected chi connectivity index (χ0v) is 15.5. The van der Waals surface area contributed by atoms with Gasteiger partial charge in [0.05, 0.1) is 0 Å². The molecule has 1 saturated heterocycles. The van der Waals surface area contributed by atoms with Crippen LogP contribution >= 0.6 is 0 Å². The number of amides is 2. The SMILES string of the molecule is CC(C)(C)OC(=O)N1CCN(CCCc2ccc(C(N)=O)cc2)CC1. The molecule has 138 valence electrons. The molecule has 1 aromatic rings. The molecule has 2 N–H and O–H groups in total. The Bertz CT molecular complexity index is 585. The molecule has 1 fully saturated rings. The molecule has 1 aliphatic rings. The van der Waals surface area contributed by atoms with Crippen LogP contribution < -0.4 is 5.73 Å². The fourth-order valence-electron chi connectivity index (χ4n) is 2.82. The fraction of sp³-hybridized carbons (Fsp3) is 0.579. The van der Waals surface area contributed by atoms with Crippen molar-refractivity contribution in [2.24, 2.45) is 5.73 Å². The van der Waals surface area contributed by atoms with Crippen molar-refractivity contribution in [3.8, 4) is 0 Å². The highest BCUT2D eigenvalue weighted by atomic mass is 16.6. The van der Waals surface area contributed by atoms with Crippen molar-refractivity contribution in [3.05, 3.63) is 35.4 Å². The third kappa shape index (κ3) is 6.38. The van der Waals surface area contributed by atoms with Gasteiger partial charge in [0.1, 0.15) is 5.60 Å². The Balaban J connectivity index is 1.68. The largest absolute Gasteiger partial charge is 0.444 e. The van der Waals surface area contributed by atoms with E-state index in [-0.39, 0.29) is 6.09 Å². The van der Waals surface area contributed by atoms with Crippen LogP contribution in [0.2, 0.25) is 0 Å². The van der Waals surface area contributed by atoms with Crippen LogP contribution in [0.1, 0.15) is 43.1 Å². The highest BCUT2D eigenvalue weighted by molar-refractivity contribution is 5.92. The summed E-state index contributed by atoms with van der Waals surface area (Å²) in [4.78, 5) is 27.3. The Morgan fingerprint density at radius 3 is 2.20 bits per heavy atom. The number of hydrogen-bond acceptors (Lipinski definition) is 4. The molecule has 0 aromatic heterocycles. The van der Waals surface area contributed by atoms with Gasteiger partial charge in [0.25, 0.3) is 0 Å². The molecular weight excluding hydrogens is 318 g/mol. The summed E-state index contributed by atoms with van der Waals surface area (Å²) in [5, 5.41) is 0. The first kappa shape index (κ1) is 19.2. The average Bonchev–Trinajstić information content (AvgIpc) is 2.54. The van der Waals surface area contributed by atoms with Gasteiger partial charge in [0.15, 0.2) is 0 Å². The number of nitrogens with two attached hydrogens (primary N) is 1. The topological polar surface area (TPSA) is 75.9 Å². The van der Waals surface area contributed by atoms with Crippen molar-refractivity contribution in [1.29, 1.82) is 0 Å². The van der Waals surface area contributed by atoms with Gasteiger partial charge in [0, 0.05) is 31.7 Å². The monoisotopic (exact) mass is 347 g/mol. The van der Waals surface area contributed by atoms with Gasteiger partial charge in [-0.3, -0.25) is 9.69 Å². The van der Waals surface area contributed by atoms with E-state index in [9.17, 15) is 9.59 Å². The number of primary amides is 1. The number of benzene rings is 1. The summed E-state index contributed by atoms with van der Waals surface area (Å²) in [5.41, 5.74) is 6.55. The van der Waals surface area contributed by atoms with E-state index in [0.29, 0.717) is 18.7 Å². The van der Waals surface area contributed by atoms with Gasteiger partial charge in [-0.05, 0) is 57.9 Å². The van der Waals surface area contributed by atoms with E-state index in [0.717, 1.165) is 32.5 Å². The number of nitrogens with zero attached hydrogens (tertiary/aromatic N) is 2. The molecule has 0 saturated carbocycles. The van der Waals surface area contributed by atoms with Crippen LogP contribution in [0.3, 0.4) is 0 Å². The molecule has 0 unspecified atom stereocenters. The zero-order chi connectivity index (χ0) is 18.4. The molecule has 0 atom stereocenters. The van der Waals surface area contributed by atoms with E-state index in [2.05, 4.69) is 4.90 Å². The highest BCUT2D eigenvalue weighted by Crippen LogP contribution is 2.12. The smallest absolute Gasteiger partial charge is 0.410 e. The van der Waals surface area contributed by atoms with Gasteiger partial charge in [-0.2, -0.15) is 0 Å². The molecule has 2 rings (SSSR count). The maximum atomic E-state index is 12.0. The zero-order valence-electron chi connectivity index (χ0n) is 15.5. The first-order chi connectivity index (χ1) is 11.7. The van der Waals surface area contributed by atoms with Crippen molar-refractivity contribution in [1.82, 2.24) is 9.80 Å². The molecule has 6 heteroatoms. The second-order valence-corrected chi connectivity index (χ2v) is 7.47. The maximum Gasteiger partial charge on any atom is 0.410 e. The minimum Gasteiger partial charge on any atom is -0.444 e. The van der Waals surface area contributed by atoms with Gasteiger partial charge in [-0.1, -0.05) is 12.1 Å². The lowest BCUT2D eigenvalue weighted by atomic mass is 10.1. The lowest BCUT2D eigenvalue weighted by molar-refractivity contribution is 0.0144. The van der Waals surface area contributed by atoms with Crippen LogP contribution in [-0.4, -0.2) is 60.1 Å². The number of ether oxygens (including phenoxy) is 1. The van der Waals surface area contributed by atoms with Gasteiger partial charge >= 0.3 is 6.09 Å². The van der Waals surface area contributed by atoms with Gasteiger partial charge in [-0.15, -0.1) is 0 Å². The fourth-order valence-corrected chi connectivity index (χ4v) is 2.82. The maximum absolute atomic E-state index is 12.0. The molecule has 6 nitrogen and oxygen atoms in total. The van der Waals surface area contributed by atoms with E-state index < -0.39 is 11.5 Å². The third-order valence-corrected chi connectivity index (χ3v) is 4.20. The number of piperazine rings is 1. The summed E-state index contributed by atoms with van der Waals surface area (Å²) < 4.78 is 5.41. The second kappa shape index (κ2) is 8.34. The molecule has 1 aromatic carbocycles. The number of carbonyl (C=O) groups is 2. The average molecular weight is 347 g/mol. The van der Waals surface area contributed by atoms with Gasteiger partial charge in [0.2, 0.25) is 5.91 Å². The van der Waals surface area contributed by atoms with Crippen LogP contribution in [-0.2, 0) is 11.2 Å². The van der Waals surface area contributed by atoms with Crippen LogP contribution in [0.15, 0.2) is 24.3 Å². The highest BCUT2D eigenvalue weighted by Gasteiger charge is 2.25. The van der Waals surface area contributed by atoms with E-state index >= 15 is 0 Å². The van der Waals surface area contributed by atoms with Crippen LogP contribution in [0, 0.1) is 0 Å². The van der Waals surface area contributed by atoms with Crippen molar-refractivity contribution in [2.75, 3.05) is 32.7 Å². The Morgan fingerprint density at radius 1 is 1.08 bits per heavy atom. The van der Waals surface area contributed by atoms with Crippen LogP contribution in [0.25, 0.3) is 0 Å². The van der Waals surface area contributed by atoms with Crippen molar-refractivity contribution >= 4 is 12.0 Å². The van der Waals surface area contributed by atoms with E-state index in [1.807, 2.05) is 32.9 Å². The minimum atomic E-state index is -0.446. The summed E-state index contributed by atoms with van der Waals surface area (Å²) in [7, 11) is 0. The van der Waals surface area contributed by atoms with Crippen molar-refractivity contribution < 1.29 is 14.3 Å². The summed E-state index contributed by atoms with van der Waals surface area (Å²) in [6.45, 7) is 9.83. The molecule has 1 heterocycles. The molecule has 0 bridgehead atoms. The predicted molar refractivity (Wildman–Crippen MR) is 97.5 cm³/mol. The van der Waals surface area contributed by atoms with Crippen LogP contribution in [0.4, 0.5) is 4.79 Å². The Morgan fingerprint density at radius 2 is 1.68 bits per heavy atom. The minimum absolute atomic E-state index is 0.221. The lowest BCUT2D eigenvalue weighted by Crippen LogP contribution is -2.50. The van der Waals surface area contributed by atoms with Crippen LogP contribution in [0.5, 0.6) is 0 Å². The number of rotatable bonds is 5. The molecule has 0 spiro atoms. The summed E-state index contributed by atoms with van der Waals surface area (Å²) >= 11 is 0. The van der Waals surface area contributed by atoms with Gasteiger partial charge < -0.3 is 15.4 Å². The Labute approximate surface area is 149 Å². The van der Waals surface area contributed by atoms with E-state index in [1.54, 1.807) is 17.0 Å². The predicted octanol–water partition coefficient (Wildman–Crippen LogP) is 2.27. The molecule has 25 heavy (non-hydrogen) atoms. The Hall–Kier alpha value is -2.08. The molecule has 0 aliphatic carbocycles. The second-order valence-electron chi connectivity index (χ2n) is 7.47. The summed E-state index contributed by atoms with van der Waals surface area (Å²) in [6, 6.07) is 7.47. The summed E-state index contributed by atoms with van der Waals surface area (Å²) in [5.74, 6) is -0.394. The first-order valence-electron chi connectivity index (χ1n) is 8.83. The number of carbonyl (C=O) groups excluding carboxylic acids is 2. The van der Waals surface area contributed by atoms with Crippen molar-refractivity contribution in [3.63, 3.8) is 0 Å². The standard InChI is InChI=1S/C19H29N3O3/c1-19(2,3)25-18(24)22-13-11-21(12-14-22)10-4-5-15-6-8-16(9-7-15)17(20)23/h6-9H,4-5,10-14H2,1-3H3,(H2,20,23). The summed E-state index contributed by atoms with van der Waals surface area (Å²) in [6.07, 6.45) is 1.79. The molecular formula is C19H29N3O3. The quantitative estimate of drug-likeness (QED) is 0.886. The van der Waals surface area contributed by atoms with Gasteiger partial charge in [-0.25, -0.2) is 4.79 Å². The van der Waals surface area contributed by atoms with Crippen molar-refractivity contribution in [2.45, 2.75) is 39.2 Å².